The number of hydrogen-bond donors (Lipinski definition) is 1. The first-order valence-electron chi connectivity index (χ1n) is 13.6. The maximum atomic E-state index is 6.28. The van der Waals surface area contributed by atoms with E-state index in [1.54, 1.807) is 0 Å². The van der Waals surface area contributed by atoms with E-state index < -0.39 is 8.32 Å². The van der Waals surface area contributed by atoms with Crippen molar-refractivity contribution in [1.29, 1.82) is 0 Å². The standard InChI is InChI=1S/C26H55NOSi/c1-4-6-7-8-9-10-11-12-13-14-15-16-17-18-19-20-23-27-26(5-2)29(3)25-22-21-24-28-29/h26-27H,4-25H2,1-3H3. The van der Waals surface area contributed by atoms with Gasteiger partial charge in [-0.25, -0.2) is 0 Å². The lowest BCUT2D eigenvalue weighted by Gasteiger charge is -2.38. The molecule has 0 spiro atoms. The van der Waals surface area contributed by atoms with Gasteiger partial charge in [-0.15, -0.1) is 0 Å². The highest BCUT2D eigenvalue weighted by atomic mass is 28.4. The normalized spacial score (nSPS) is 20.8. The van der Waals surface area contributed by atoms with Gasteiger partial charge in [-0.3, -0.25) is 0 Å². The van der Waals surface area contributed by atoms with Gasteiger partial charge < -0.3 is 9.74 Å². The smallest absolute Gasteiger partial charge is 0.206 e. The molecule has 1 aliphatic rings. The summed E-state index contributed by atoms with van der Waals surface area (Å²) in [5.41, 5.74) is 0.666. The van der Waals surface area contributed by atoms with Crippen LogP contribution in [0.5, 0.6) is 0 Å². The molecule has 1 saturated heterocycles. The van der Waals surface area contributed by atoms with Crippen LogP contribution in [-0.2, 0) is 4.43 Å². The topological polar surface area (TPSA) is 21.3 Å². The fourth-order valence-electron chi connectivity index (χ4n) is 4.97. The van der Waals surface area contributed by atoms with E-state index in [1.807, 2.05) is 0 Å². The van der Waals surface area contributed by atoms with E-state index in [0.29, 0.717) is 5.67 Å². The third-order valence-electron chi connectivity index (χ3n) is 7.07. The highest BCUT2D eigenvalue weighted by Gasteiger charge is 2.38. The van der Waals surface area contributed by atoms with Crippen molar-refractivity contribution in [3.8, 4) is 0 Å². The second-order valence-electron chi connectivity index (χ2n) is 9.84. The SMILES string of the molecule is CCCCCCCCCCCCCCCCCCNC(CC)[Si]1(C)CCCCO1. The molecule has 1 rings (SSSR count). The summed E-state index contributed by atoms with van der Waals surface area (Å²) in [6.45, 7) is 9.31. The van der Waals surface area contributed by atoms with Crippen molar-refractivity contribution >= 4 is 8.32 Å². The summed E-state index contributed by atoms with van der Waals surface area (Å²) in [6, 6.07) is 1.36. The zero-order valence-corrected chi connectivity index (χ0v) is 21.5. The lowest BCUT2D eigenvalue weighted by atomic mass is 10.0. The predicted molar refractivity (Wildman–Crippen MR) is 133 cm³/mol. The molecular formula is C26H55NOSi. The van der Waals surface area contributed by atoms with Crippen molar-refractivity contribution < 1.29 is 4.43 Å². The molecule has 1 heterocycles. The van der Waals surface area contributed by atoms with Crippen LogP contribution in [0.3, 0.4) is 0 Å². The molecule has 1 fully saturated rings. The number of hydrogen-bond acceptors (Lipinski definition) is 2. The zero-order chi connectivity index (χ0) is 21.0. The van der Waals surface area contributed by atoms with Gasteiger partial charge in [0.2, 0.25) is 8.32 Å². The fourth-order valence-corrected chi connectivity index (χ4v) is 8.67. The van der Waals surface area contributed by atoms with Crippen molar-refractivity contribution in [2.24, 2.45) is 0 Å². The molecule has 0 aromatic carbocycles. The first kappa shape index (κ1) is 27.2. The summed E-state index contributed by atoms with van der Waals surface area (Å²) in [4.78, 5) is 0. The molecular weight excluding hydrogens is 370 g/mol. The van der Waals surface area contributed by atoms with Crippen molar-refractivity contribution in [2.45, 2.75) is 154 Å². The first-order valence-corrected chi connectivity index (χ1v) is 16.3. The highest BCUT2D eigenvalue weighted by Crippen LogP contribution is 2.26. The second-order valence-corrected chi connectivity index (χ2v) is 13.9. The maximum Gasteiger partial charge on any atom is 0.206 e. The molecule has 1 aliphatic heterocycles. The Labute approximate surface area is 185 Å². The lowest BCUT2D eigenvalue weighted by Crippen LogP contribution is -2.56. The van der Waals surface area contributed by atoms with Crippen LogP contribution in [0.15, 0.2) is 0 Å². The minimum atomic E-state index is -1.49. The van der Waals surface area contributed by atoms with Crippen LogP contribution in [-0.4, -0.2) is 27.1 Å². The average Bonchev–Trinajstić information content (AvgIpc) is 2.73. The monoisotopic (exact) mass is 425 g/mol. The molecule has 0 bridgehead atoms. The number of unbranched alkanes of at least 4 members (excludes halogenated alkanes) is 15. The van der Waals surface area contributed by atoms with Crippen LogP contribution < -0.4 is 5.32 Å². The second kappa shape index (κ2) is 18.9. The molecule has 0 saturated carbocycles. The van der Waals surface area contributed by atoms with Gasteiger partial charge in [0.25, 0.3) is 0 Å². The Balaban J connectivity index is 1.82. The van der Waals surface area contributed by atoms with Gasteiger partial charge >= 0.3 is 0 Å². The molecule has 3 heteroatoms. The minimum Gasteiger partial charge on any atom is -0.416 e. The zero-order valence-electron chi connectivity index (χ0n) is 20.5. The minimum absolute atomic E-state index is 0.666. The molecule has 2 atom stereocenters. The number of rotatable bonds is 20. The van der Waals surface area contributed by atoms with Crippen LogP contribution in [0.2, 0.25) is 12.6 Å². The van der Waals surface area contributed by atoms with Gasteiger partial charge in [0.1, 0.15) is 0 Å². The molecule has 0 aromatic heterocycles. The lowest BCUT2D eigenvalue weighted by molar-refractivity contribution is 0.256. The van der Waals surface area contributed by atoms with E-state index >= 15 is 0 Å². The fraction of sp³-hybridized carbons (Fsp3) is 1.00. The van der Waals surface area contributed by atoms with E-state index in [9.17, 15) is 0 Å². The molecule has 174 valence electrons. The maximum absolute atomic E-state index is 6.28. The van der Waals surface area contributed by atoms with Gasteiger partial charge in [0.15, 0.2) is 0 Å². The van der Waals surface area contributed by atoms with E-state index in [4.69, 9.17) is 4.43 Å². The summed E-state index contributed by atoms with van der Waals surface area (Å²) in [6.07, 6.45) is 27.0. The molecule has 2 unspecified atom stereocenters. The Morgan fingerprint density at radius 3 is 1.59 bits per heavy atom. The van der Waals surface area contributed by atoms with Crippen molar-refractivity contribution in [3.05, 3.63) is 0 Å². The molecule has 1 N–H and O–H groups in total. The van der Waals surface area contributed by atoms with Crippen LogP contribution >= 0.6 is 0 Å². The third kappa shape index (κ3) is 13.9. The molecule has 0 aromatic rings. The third-order valence-corrected chi connectivity index (χ3v) is 11.4. The van der Waals surface area contributed by atoms with Crippen LogP contribution in [0.4, 0.5) is 0 Å². The van der Waals surface area contributed by atoms with Crippen LogP contribution in [0.1, 0.15) is 136 Å². The van der Waals surface area contributed by atoms with E-state index in [1.165, 1.54) is 135 Å². The predicted octanol–water partition coefficient (Wildman–Crippen LogP) is 8.54. The van der Waals surface area contributed by atoms with Gasteiger partial charge in [-0.05, 0) is 38.4 Å². The van der Waals surface area contributed by atoms with E-state index in [0.717, 1.165) is 6.61 Å². The van der Waals surface area contributed by atoms with Gasteiger partial charge in [-0.1, -0.05) is 117 Å². The summed E-state index contributed by atoms with van der Waals surface area (Å²) in [7, 11) is -1.49. The summed E-state index contributed by atoms with van der Waals surface area (Å²) < 4.78 is 6.28. The molecule has 0 amide bonds. The summed E-state index contributed by atoms with van der Waals surface area (Å²) in [5, 5.41) is 3.87. The molecule has 2 nitrogen and oxygen atoms in total. The van der Waals surface area contributed by atoms with Crippen molar-refractivity contribution in [2.75, 3.05) is 13.2 Å². The Morgan fingerprint density at radius 1 is 0.690 bits per heavy atom. The van der Waals surface area contributed by atoms with Gasteiger partial charge in [-0.2, -0.15) is 0 Å². The van der Waals surface area contributed by atoms with Crippen molar-refractivity contribution in [3.63, 3.8) is 0 Å². The summed E-state index contributed by atoms with van der Waals surface area (Å²) in [5.74, 6) is 0. The van der Waals surface area contributed by atoms with Crippen LogP contribution in [0.25, 0.3) is 0 Å². The van der Waals surface area contributed by atoms with E-state index in [2.05, 4.69) is 25.7 Å². The van der Waals surface area contributed by atoms with E-state index in [-0.39, 0.29) is 0 Å². The average molecular weight is 426 g/mol. The number of nitrogens with one attached hydrogen (secondary N) is 1. The summed E-state index contributed by atoms with van der Waals surface area (Å²) >= 11 is 0. The Kier molecular flexibility index (Phi) is 17.7. The highest BCUT2D eigenvalue weighted by molar-refractivity contribution is 6.74. The van der Waals surface area contributed by atoms with Crippen LogP contribution in [0, 0.1) is 0 Å². The Bertz CT molecular complexity index is 344. The van der Waals surface area contributed by atoms with Crippen molar-refractivity contribution in [1.82, 2.24) is 5.32 Å². The quantitative estimate of drug-likeness (QED) is 0.156. The molecule has 0 radical (unpaired) electrons. The first-order chi connectivity index (χ1) is 14.2. The Hall–Kier alpha value is 0.137. The molecule has 29 heavy (non-hydrogen) atoms. The molecule has 0 aliphatic carbocycles. The van der Waals surface area contributed by atoms with Gasteiger partial charge in [0.05, 0.1) is 0 Å². The Morgan fingerprint density at radius 2 is 1.17 bits per heavy atom. The van der Waals surface area contributed by atoms with Gasteiger partial charge in [0, 0.05) is 12.3 Å². The largest absolute Gasteiger partial charge is 0.416 e.